The highest BCUT2D eigenvalue weighted by atomic mass is 35.5. The second-order valence-corrected chi connectivity index (χ2v) is 8.42. The van der Waals surface area contributed by atoms with E-state index in [2.05, 4.69) is 16.0 Å². The van der Waals surface area contributed by atoms with E-state index in [9.17, 15) is 18.8 Å². The van der Waals surface area contributed by atoms with Crippen LogP contribution in [0.15, 0.2) is 42.5 Å². The molecule has 1 aliphatic heterocycles. The monoisotopic (exact) mass is 491 g/mol. The van der Waals surface area contributed by atoms with Gasteiger partial charge < -0.3 is 15.4 Å². The second kappa shape index (κ2) is 11.1. The number of hydrogen-bond acceptors (Lipinski definition) is 5. The number of halogens is 2. The molecule has 2 aromatic carbocycles. The summed E-state index contributed by atoms with van der Waals surface area (Å²) in [5.74, 6) is -0.742. The van der Waals surface area contributed by atoms with E-state index in [1.165, 1.54) is 24.0 Å². The Labute approximate surface area is 202 Å². The molecule has 3 N–H and O–H groups in total. The lowest BCUT2D eigenvalue weighted by Crippen LogP contribution is -2.67. The molecule has 11 heteroatoms. The lowest BCUT2D eigenvalue weighted by Gasteiger charge is -2.41. The molecule has 1 saturated heterocycles. The van der Waals surface area contributed by atoms with Crippen molar-refractivity contribution >= 4 is 35.3 Å². The Morgan fingerprint density at radius 1 is 1.21 bits per heavy atom. The maximum absolute atomic E-state index is 14.5. The van der Waals surface area contributed by atoms with Crippen LogP contribution in [0.3, 0.4) is 0 Å². The van der Waals surface area contributed by atoms with E-state index in [1.54, 1.807) is 44.2 Å². The summed E-state index contributed by atoms with van der Waals surface area (Å²) in [6.07, 6.45) is -1.15. The zero-order valence-corrected chi connectivity index (χ0v) is 19.9. The summed E-state index contributed by atoms with van der Waals surface area (Å²) < 4.78 is 19.9. The van der Waals surface area contributed by atoms with Gasteiger partial charge in [-0.15, -0.1) is 0 Å². The SMILES string of the molecule is CC(=O)NCCN1C(=O)NC(Nc2ccc(OC(C)C)c(F)c2)N(Cc2ccc(Cl)cc2)C1=O. The first-order valence-corrected chi connectivity index (χ1v) is 11.1. The van der Waals surface area contributed by atoms with Crippen LogP contribution < -0.4 is 20.7 Å². The van der Waals surface area contributed by atoms with Gasteiger partial charge in [0.1, 0.15) is 0 Å². The van der Waals surface area contributed by atoms with E-state index in [-0.39, 0.29) is 37.4 Å². The largest absolute Gasteiger partial charge is 0.488 e. The lowest BCUT2D eigenvalue weighted by molar-refractivity contribution is -0.119. The van der Waals surface area contributed by atoms with Gasteiger partial charge >= 0.3 is 12.1 Å². The lowest BCUT2D eigenvalue weighted by atomic mass is 10.2. The summed E-state index contributed by atoms with van der Waals surface area (Å²) in [5.41, 5.74) is 1.12. The van der Waals surface area contributed by atoms with E-state index in [4.69, 9.17) is 16.3 Å². The van der Waals surface area contributed by atoms with Gasteiger partial charge in [-0.25, -0.2) is 18.9 Å². The zero-order chi connectivity index (χ0) is 24.8. The van der Waals surface area contributed by atoms with Gasteiger partial charge in [0.25, 0.3) is 0 Å². The number of urea groups is 2. The molecule has 0 radical (unpaired) electrons. The fourth-order valence-electron chi connectivity index (χ4n) is 3.32. The van der Waals surface area contributed by atoms with Crippen molar-refractivity contribution in [2.24, 2.45) is 0 Å². The van der Waals surface area contributed by atoms with Gasteiger partial charge in [0.2, 0.25) is 5.91 Å². The third-order valence-electron chi connectivity index (χ3n) is 4.87. The van der Waals surface area contributed by atoms with Gasteiger partial charge in [0.15, 0.2) is 17.9 Å². The third-order valence-corrected chi connectivity index (χ3v) is 5.12. The summed E-state index contributed by atoms with van der Waals surface area (Å²) >= 11 is 5.96. The van der Waals surface area contributed by atoms with Crippen molar-refractivity contribution in [3.05, 3.63) is 58.9 Å². The Kier molecular flexibility index (Phi) is 8.17. The first-order chi connectivity index (χ1) is 16.1. The highest BCUT2D eigenvalue weighted by molar-refractivity contribution is 6.30. The van der Waals surface area contributed by atoms with Gasteiger partial charge in [-0.3, -0.25) is 15.0 Å². The Balaban J connectivity index is 1.82. The predicted octanol–water partition coefficient (Wildman–Crippen LogP) is 3.75. The number of amides is 5. The van der Waals surface area contributed by atoms with Crippen molar-refractivity contribution in [1.82, 2.24) is 20.4 Å². The fourth-order valence-corrected chi connectivity index (χ4v) is 3.45. The maximum Gasteiger partial charge on any atom is 0.331 e. The van der Waals surface area contributed by atoms with Gasteiger partial charge in [0, 0.05) is 36.8 Å². The highest BCUT2D eigenvalue weighted by Crippen LogP contribution is 2.24. The average molecular weight is 492 g/mol. The number of carbonyl (C=O) groups excluding carboxylic acids is 3. The molecule has 1 unspecified atom stereocenters. The smallest absolute Gasteiger partial charge is 0.331 e. The normalized spacial score (nSPS) is 15.9. The molecule has 182 valence electrons. The van der Waals surface area contributed by atoms with Crippen LogP contribution in [0, 0.1) is 5.82 Å². The minimum absolute atomic E-state index is 0.00997. The van der Waals surface area contributed by atoms with Crippen LogP contribution in [0.4, 0.5) is 19.7 Å². The second-order valence-electron chi connectivity index (χ2n) is 7.98. The van der Waals surface area contributed by atoms with Crippen molar-refractivity contribution in [2.45, 2.75) is 39.7 Å². The number of ether oxygens (including phenoxy) is 1. The first kappa shape index (κ1) is 25.1. The van der Waals surface area contributed by atoms with Gasteiger partial charge in [-0.2, -0.15) is 0 Å². The van der Waals surface area contributed by atoms with E-state index in [1.807, 2.05) is 0 Å². The van der Waals surface area contributed by atoms with Crippen LogP contribution in [0.25, 0.3) is 0 Å². The molecule has 34 heavy (non-hydrogen) atoms. The number of anilines is 1. The summed E-state index contributed by atoms with van der Waals surface area (Å²) in [6.45, 7) is 5.18. The van der Waals surface area contributed by atoms with Crippen molar-refractivity contribution in [2.75, 3.05) is 18.4 Å². The summed E-state index contributed by atoms with van der Waals surface area (Å²) in [5, 5.41) is 8.83. The number of imide groups is 1. The molecule has 2 aromatic rings. The number of benzene rings is 2. The standard InChI is InChI=1S/C23H27ClFN5O4/c1-14(2)34-20-9-8-18(12-19(20)25)27-21-28-22(32)29(11-10-26-15(3)31)23(33)30(21)13-16-4-6-17(24)7-5-16/h4-9,12,14,21,27H,10-11,13H2,1-3H3,(H,26,31)(H,28,32). The Hall–Kier alpha value is -3.53. The minimum Gasteiger partial charge on any atom is -0.488 e. The number of nitrogens with zero attached hydrogens (tertiary/aromatic N) is 2. The summed E-state index contributed by atoms with van der Waals surface area (Å²) in [4.78, 5) is 39.5. The number of rotatable bonds is 9. The van der Waals surface area contributed by atoms with Crippen LogP contribution in [-0.4, -0.2) is 53.3 Å². The quantitative estimate of drug-likeness (QED) is 0.496. The van der Waals surface area contributed by atoms with Crippen molar-refractivity contribution in [3.63, 3.8) is 0 Å². The molecule has 0 saturated carbocycles. The highest BCUT2D eigenvalue weighted by Gasteiger charge is 2.38. The van der Waals surface area contributed by atoms with Crippen LogP contribution in [0.1, 0.15) is 26.3 Å². The van der Waals surface area contributed by atoms with Gasteiger partial charge in [-0.05, 0) is 43.7 Å². The Morgan fingerprint density at radius 2 is 1.91 bits per heavy atom. The molecule has 0 bridgehead atoms. The molecule has 5 amide bonds. The molecular formula is C23H27ClFN5O4. The summed E-state index contributed by atoms with van der Waals surface area (Å²) in [6, 6.07) is 10.0. The van der Waals surface area contributed by atoms with Crippen molar-refractivity contribution in [3.8, 4) is 5.75 Å². The number of hydrogen-bond donors (Lipinski definition) is 3. The molecule has 0 spiro atoms. The van der Waals surface area contributed by atoms with Crippen LogP contribution in [0.2, 0.25) is 5.02 Å². The van der Waals surface area contributed by atoms with E-state index < -0.39 is 24.2 Å². The molecule has 0 aromatic heterocycles. The summed E-state index contributed by atoms with van der Waals surface area (Å²) in [7, 11) is 0. The zero-order valence-electron chi connectivity index (χ0n) is 19.1. The topological polar surface area (TPSA) is 103 Å². The minimum atomic E-state index is -0.955. The van der Waals surface area contributed by atoms with E-state index >= 15 is 0 Å². The van der Waals surface area contributed by atoms with E-state index in [0.29, 0.717) is 10.7 Å². The van der Waals surface area contributed by atoms with Crippen LogP contribution in [-0.2, 0) is 11.3 Å². The van der Waals surface area contributed by atoms with E-state index in [0.717, 1.165) is 10.5 Å². The molecule has 1 fully saturated rings. The molecule has 0 aliphatic carbocycles. The first-order valence-electron chi connectivity index (χ1n) is 10.7. The van der Waals surface area contributed by atoms with Crippen molar-refractivity contribution < 1.29 is 23.5 Å². The molecular weight excluding hydrogens is 465 g/mol. The Morgan fingerprint density at radius 3 is 2.53 bits per heavy atom. The van der Waals surface area contributed by atoms with Gasteiger partial charge in [0.05, 0.1) is 12.6 Å². The molecule has 3 rings (SSSR count). The third kappa shape index (κ3) is 6.50. The van der Waals surface area contributed by atoms with Crippen LogP contribution in [0.5, 0.6) is 5.75 Å². The molecule has 1 atom stereocenters. The molecule has 1 heterocycles. The van der Waals surface area contributed by atoms with Crippen LogP contribution >= 0.6 is 11.6 Å². The number of carbonyl (C=O) groups is 3. The average Bonchev–Trinajstić information content (AvgIpc) is 2.76. The Bertz CT molecular complexity index is 1050. The maximum atomic E-state index is 14.5. The molecule has 1 aliphatic rings. The number of nitrogens with one attached hydrogen (secondary N) is 3. The fraction of sp³-hybridized carbons (Fsp3) is 0.348. The van der Waals surface area contributed by atoms with Gasteiger partial charge in [-0.1, -0.05) is 23.7 Å². The molecule has 9 nitrogen and oxygen atoms in total. The van der Waals surface area contributed by atoms with Crippen molar-refractivity contribution in [1.29, 1.82) is 0 Å². The predicted molar refractivity (Wildman–Crippen MR) is 126 cm³/mol.